The molecule has 6 atom stereocenters. The van der Waals surface area contributed by atoms with Crippen molar-refractivity contribution in [2.45, 2.75) is 106 Å². The summed E-state index contributed by atoms with van der Waals surface area (Å²) < 4.78 is 0. The molecule has 1 unspecified atom stereocenters. The largest absolute Gasteiger partial charge is 0.350 e. The molecule has 0 aromatic heterocycles. The fraction of sp³-hybridized carbons (Fsp3) is 0.697. The molecule has 206 valence electrons. The predicted molar refractivity (Wildman–Crippen MR) is 150 cm³/mol. The number of Topliss-reactive ketones (excluding diaryl/α,β-unsaturated/α-hetero) is 1. The summed E-state index contributed by atoms with van der Waals surface area (Å²) in [6, 6.07) is 2.21. The quantitative estimate of drug-likeness (QED) is 0.415. The fourth-order valence-electron chi connectivity index (χ4n) is 8.90. The van der Waals surface area contributed by atoms with Crippen molar-refractivity contribution in [3.05, 3.63) is 36.0 Å². The lowest BCUT2D eigenvalue weighted by Crippen LogP contribution is -2.60. The van der Waals surface area contributed by atoms with Crippen LogP contribution in [0.1, 0.15) is 99.8 Å². The van der Waals surface area contributed by atoms with Crippen molar-refractivity contribution < 1.29 is 14.4 Å². The molecule has 0 aromatic carbocycles. The van der Waals surface area contributed by atoms with E-state index < -0.39 is 10.8 Å². The molecule has 0 bridgehead atoms. The third-order valence-electron chi connectivity index (χ3n) is 11.6. The Bertz CT molecular complexity index is 1170. The summed E-state index contributed by atoms with van der Waals surface area (Å²) >= 11 is 0. The van der Waals surface area contributed by atoms with Crippen molar-refractivity contribution in [3.8, 4) is 6.07 Å². The summed E-state index contributed by atoms with van der Waals surface area (Å²) in [5.74, 6) is -0.104. The number of carbonyl (C=O) groups excluding carboxylic acids is 3. The number of amides is 1. The van der Waals surface area contributed by atoms with E-state index >= 15 is 0 Å². The molecule has 1 N–H and O–H groups in total. The normalized spacial score (nSPS) is 40.2. The highest BCUT2D eigenvalue weighted by atomic mass is 16.1. The molecule has 2 saturated carbocycles. The second-order valence-corrected chi connectivity index (χ2v) is 14.5. The van der Waals surface area contributed by atoms with Gasteiger partial charge < -0.3 is 5.32 Å². The van der Waals surface area contributed by atoms with Crippen LogP contribution in [0.25, 0.3) is 0 Å². The van der Waals surface area contributed by atoms with E-state index in [1.807, 2.05) is 26.0 Å². The summed E-state index contributed by atoms with van der Waals surface area (Å²) in [6.07, 6.45) is 12.3. The van der Waals surface area contributed by atoms with Gasteiger partial charge in [0.2, 0.25) is 5.91 Å². The van der Waals surface area contributed by atoms with Gasteiger partial charge in [-0.05, 0) is 85.7 Å². The van der Waals surface area contributed by atoms with Gasteiger partial charge in [0.1, 0.15) is 6.07 Å². The zero-order chi connectivity index (χ0) is 28.3. The number of hydrogen-bond acceptors (Lipinski definition) is 4. The second kappa shape index (κ2) is 9.32. The number of nitriles is 1. The lowest BCUT2D eigenvalue weighted by Gasteiger charge is -2.64. The Morgan fingerprint density at radius 2 is 1.63 bits per heavy atom. The van der Waals surface area contributed by atoms with Crippen LogP contribution >= 0.6 is 0 Å². The molecule has 5 nitrogen and oxygen atoms in total. The number of carbonyl (C=O) groups is 3. The van der Waals surface area contributed by atoms with Crippen LogP contribution in [-0.2, 0) is 14.4 Å². The molecule has 2 fully saturated rings. The van der Waals surface area contributed by atoms with E-state index in [2.05, 4.69) is 52.6 Å². The maximum Gasteiger partial charge on any atom is 0.243 e. The van der Waals surface area contributed by atoms with Crippen LogP contribution in [0.3, 0.4) is 0 Å². The first kappa shape index (κ1) is 28.5. The van der Waals surface area contributed by atoms with Crippen LogP contribution in [0.2, 0.25) is 0 Å². The molecule has 0 aromatic rings. The van der Waals surface area contributed by atoms with E-state index in [9.17, 15) is 19.6 Å². The Kier molecular flexibility index (Phi) is 6.99. The summed E-state index contributed by atoms with van der Waals surface area (Å²) in [5.41, 5.74) is -0.385. The minimum absolute atomic E-state index is 0.0324. The zero-order valence-electron chi connectivity index (χ0n) is 24.5. The lowest BCUT2D eigenvalue weighted by atomic mass is 9.38. The number of rotatable bonds is 2. The van der Waals surface area contributed by atoms with Gasteiger partial charge in [-0.3, -0.25) is 14.4 Å². The molecule has 38 heavy (non-hydrogen) atoms. The van der Waals surface area contributed by atoms with E-state index in [0.29, 0.717) is 0 Å². The van der Waals surface area contributed by atoms with Crippen molar-refractivity contribution in [2.24, 2.45) is 38.9 Å². The monoisotopic (exact) mass is 518 g/mol. The fourth-order valence-corrected chi connectivity index (χ4v) is 8.90. The highest BCUT2D eigenvalue weighted by Crippen LogP contribution is 2.70. The van der Waals surface area contributed by atoms with Gasteiger partial charge in [0, 0.05) is 22.8 Å². The number of hydrogen-bond donors (Lipinski definition) is 1. The Balaban J connectivity index is 1.85. The minimum atomic E-state index is -0.669. The van der Waals surface area contributed by atoms with Gasteiger partial charge in [0.25, 0.3) is 0 Å². The van der Waals surface area contributed by atoms with Crippen LogP contribution in [0.15, 0.2) is 36.0 Å². The average Bonchev–Trinajstić information content (AvgIpc) is 2.84. The number of nitrogens with one attached hydrogen (secondary N) is 1. The van der Waals surface area contributed by atoms with Crippen LogP contribution in [0, 0.1) is 50.2 Å². The van der Waals surface area contributed by atoms with Crippen LogP contribution in [-0.4, -0.2) is 23.5 Å². The molecule has 4 rings (SSSR count). The van der Waals surface area contributed by atoms with Crippen LogP contribution < -0.4 is 5.32 Å². The highest BCUT2D eigenvalue weighted by Gasteiger charge is 2.65. The average molecular weight is 519 g/mol. The van der Waals surface area contributed by atoms with Crippen molar-refractivity contribution in [2.75, 3.05) is 0 Å². The van der Waals surface area contributed by atoms with Crippen molar-refractivity contribution in [1.29, 1.82) is 5.26 Å². The van der Waals surface area contributed by atoms with Gasteiger partial charge in [-0.2, -0.15) is 5.26 Å². The lowest BCUT2D eigenvalue weighted by molar-refractivity contribution is -0.139. The summed E-state index contributed by atoms with van der Waals surface area (Å²) in [7, 11) is 0. The Hall–Kier alpha value is -2.48. The second-order valence-electron chi connectivity index (χ2n) is 14.5. The Labute approximate surface area is 229 Å². The smallest absolute Gasteiger partial charge is 0.243 e. The van der Waals surface area contributed by atoms with Crippen LogP contribution in [0.4, 0.5) is 0 Å². The first-order chi connectivity index (χ1) is 17.6. The molecule has 0 saturated heterocycles. The van der Waals surface area contributed by atoms with Crippen molar-refractivity contribution in [3.63, 3.8) is 0 Å². The first-order valence-electron chi connectivity index (χ1n) is 14.4. The van der Waals surface area contributed by atoms with Crippen LogP contribution in [0.5, 0.6) is 0 Å². The first-order valence-corrected chi connectivity index (χ1v) is 14.4. The Morgan fingerprint density at radius 3 is 2.26 bits per heavy atom. The maximum atomic E-state index is 14.1. The SMILES string of the molecule is C=CC(=O)N[C@H]1CCC(C)(C)CCC2C(=O)C=C3[C@@]4(C)C=C(C#N)C(=O)C(C)(C)[C@@H]4CC[C@@]3(C)[C@]2(C)CC1. The van der Waals surface area contributed by atoms with Gasteiger partial charge >= 0.3 is 0 Å². The van der Waals surface area contributed by atoms with Gasteiger partial charge in [0.15, 0.2) is 11.6 Å². The minimum Gasteiger partial charge on any atom is -0.350 e. The molecule has 0 radical (unpaired) electrons. The number of allylic oxidation sites excluding steroid dienone is 4. The predicted octanol–water partition coefficient (Wildman–Crippen LogP) is 6.65. The summed E-state index contributed by atoms with van der Waals surface area (Å²) in [5, 5.41) is 13.1. The number of nitrogens with zero attached hydrogens (tertiary/aromatic N) is 1. The number of ketones is 2. The summed E-state index contributed by atoms with van der Waals surface area (Å²) in [4.78, 5) is 39.6. The van der Waals surface area contributed by atoms with Crippen molar-refractivity contribution >= 4 is 17.5 Å². The number of fused-ring (bicyclic) bond motifs is 5. The van der Waals surface area contributed by atoms with E-state index in [1.165, 1.54) is 6.08 Å². The zero-order valence-corrected chi connectivity index (χ0v) is 24.5. The topological polar surface area (TPSA) is 87.0 Å². The van der Waals surface area contributed by atoms with Gasteiger partial charge in [-0.25, -0.2) is 0 Å². The third kappa shape index (κ3) is 4.23. The van der Waals surface area contributed by atoms with Crippen molar-refractivity contribution in [1.82, 2.24) is 5.32 Å². The molecule has 4 aliphatic rings. The van der Waals surface area contributed by atoms with E-state index in [1.54, 1.807) is 0 Å². The summed E-state index contributed by atoms with van der Waals surface area (Å²) in [6.45, 7) is 18.9. The molecule has 1 amide bonds. The highest BCUT2D eigenvalue weighted by molar-refractivity contribution is 6.04. The van der Waals surface area contributed by atoms with E-state index in [0.717, 1.165) is 56.9 Å². The maximum absolute atomic E-state index is 14.1. The molecule has 0 aliphatic heterocycles. The van der Waals surface area contributed by atoms with Gasteiger partial charge in [-0.15, -0.1) is 0 Å². The third-order valence-corrected chi connectivity index (χ3v) is 11.6. The Morgan fingerprint density at radius 1 is 1.00 bits per heavy atom. The molecule has 0 heterocycles. The molecule has 0 spiro atoms. The molecule has 4 aliphatic carbocycles. The van der Waals surface area contributed by atoms with Gasteiger partial charge in [0.05, 0.1) is 5.57 Å². The molecule has 5 heteroatoms. The van der Waals surface area contributed by atoms with E-state index in [-0.39, 0.29) is 57.2 Å². The molecular weight excluding hydrogens is 472 g/mol. The molecular formula is C33H46N2O3. The standard InChI is InChI=1S/C33H46N2O3/c1-9-27(37)35-22-10-14-29(2,3)15-12-23-24(36)18-26-31(6)19-21(20-34)28(38)30(4,5)25(31)13-17-33(26,8)32(23,7)16-11-22/h9,18-19,22-23,25H,1,10-17H2,2-8H3,(H,35,37)/t22-,23?,25-,31-,32+,33+/m0/s1. The van der Waals surface area contributed by atoms with Gasteiger partial charge in [-0.1, -0.05) is 66.7 Å². The van der Waals surface area contributed by atoms with E-state index in [4.69, 9.17) is 0 Å².